The Morgan fingerprint density at radius 1 is 1.33 bits per heavy atom. The van der Waals surface area contributed by atoms with Gasteiger partial charge in [-0.2, -0.15) is 5.26 Å². The highest BCUT2D eigenvalue weighted by atomic mass is 19.1. The van der Waals surface area contributed by atoms with Gasteiger partial charge in [0.2, 0.25) is 0 Å². The van der Waals surface area contributed by atoms with Crippen molar-refractivity contribution in [1.29, 1.82) is 5.26 Å². The van der Waals surface area contributed by atoms with Crippen LogP contribution in [-0.2, 0) is 4.79 Å². The Labute approximate surface area is 136 Å². The zero-order valence-electron chi connectivity index (χ0n) is 12.7. The standard InChI is InChI=1S/C17H13FN2O4/c1-9-11(3-2-4-12(9)18)13-7-10(8-19)17(24)16(20-13)14(21)5-6-15(22)23/h2-4,7,24H,5-6H2,1H3,(H,22,23). The fourth-order valence-electron chi connectivity index (χ4n) is 2.18. The van der Waals surface area contributed by atoms with Crippen molar-refractivity contribution in [3.8, 4) is 23.1 Å². The Hall–Kier alpha value is -3.27. The van der Waals surface area contributed by atoms with Gasteiger partial charge in [0.25, 0.3) is 0 Å². The smallest absolute Gasteiger partial charge is 0.303 e. The number of rotatable bonds is 5. The van der Waals surface area contributed by atoms with Crippen LogP contribution < -0.4 is 0 Å². The molecule has 0 saturated heterocycles. The van der Waals surface area contributed by atoms with Crippen LogP contribution in [0.1, 0.15) is 34.5 Å². The van der Waals surface area contributed by atoms with Crippen molar-refractivity contribution in [2.45, 2.75) is 19.8 Å². The molecule has 1 aromatic carbocycles. The van der Waals surface area contributed by atoms with Gasteiger partial charge in [0, 0.05) is 12.0 Å². The molecule has 7 heteroatoms. The Balaban J connectivity index is 2.57. The third-order valence-electron chi connectivity index (χ3n) is 3.49. The summed E-state index contributed by atoms with van der Waals surface area (Å²) in [5.74, 6) is -2.95. The summed E-state index contributed by atoms with van der Waals surface area (Å²) in [4.78, 5) is 26.7. The molecule has 0 unspecified atom stereocenters. The van der Waals surface area contributed by atoms with Crippen molar-refractivity contribution in [3.05, 3.63) is 46.9 Å². The Kier molecular flexibility index (Phi) is 4.90. The number of nitriles is 1. The van der Waals surface area contributed by atoms with E-state index in [0.717, 1.165) is 0 Å². The van der Waals surface area contributed by atoms with E-state index in [4.69, 9.17) is 10.4 Å². The highest BCUT2D eigenvalue weighted by Gasteiger charge is 2.20. The zero-order valence-corrected chi connectivity index (χ0v) is 12.7. The first-order valence-corrected chi connectivity index (χ1v) is 6.99. The first-order chi connectivity index (χ1) is 11.3. The molecule has 0 spiro atoms. The number of halogens is 1. The van der Waals surface area contributed by atoms with Crippen LogP contribution in [0.4, 0.5) is 4.39 Å². The van der Waals surface area contributed by atoms with Crippen LogP contribution >= 0.6 is 0 Å². The molecular weight excluding hydrogens is 315 g/mol. The zero-order chi connectivity index (χ0) is 17.9. The van der Waals surface area contributed by atoms with E-state index in [1.807, 2.05) is 0 Å². The maximum absolute atomic E-state index is 13.7. The molecule has 0 fully saturated rings. The first-order valence-electron chi connectivity index (χ1n) is 6.99. The van der Waals surface area contributed by atoms with Gasteiger partial charge in [0.05, 0.1) is 17.7 Å². The Morgan fingerprint density at radius 2 is 2.04 bits per heavy atom. The number of carbonyl (C=O) groups is 2. The number of carboxylic acids is 1. The van der Waals surface area contributed by atoms with Gasteiger partial charge in [-0.3, -0.25) is 9.59 Å². The van der Waals surface area contributed by atoms with Crippen LogP contribution in [0.2, 0.25) is 0 Å². The number of hydrogen-bond donors (Lipinski definition) is 2. The number of pyridine rings is 1. The number of ketones is 1. The minimum absolute atomic E-state index is 0.153. The van der Waals surface area contributed by atoms with E-state index in [2.05, 4.69) is 4.98 Å². The molecule has 6 nitrogen and oxygen atoms in total. The monoisotopic (exact) mass is 328 g/mol. The van der Waals surface area contributed by atoms with Crippen molar-refractivity contribution in [3.63, 3.8) is 0 Å². The minimum atomic E-state index is -1.17. The van der Waals surface area contributed by atoms with Gasteiger partial charge in [-0.1, -0.05) is 12.1 Å². The van der Waals surface area contributed by atoms with Crippen LogP contribution in [0.15, 0.2) is 24.3 Å². The maximum atomic E-state index is 13.7. The van der Waals surface area contributed by atoms with Gasteiger partial charge in [0.1, 0.15) is 17.6 Å². The van der Waals surface area contributed by atoms with E-state index in [-0.39, 0.29) is 23.2 Å². The summed E-state index contributed by atoms with van der Waals surface area (Å²) in [6.07, 6.45) is -0.794. The van der Waals surface area contributed by atoms with E-state index in [0.29, 0.717) is 5.56 Å². The normalized spacial score (nSPS) is 10.2. The van der Waals surface area contributed by atoms with Gasteiger partial charge < -0.3 is 10.2 Å². The highest BCUT2D eigenvalue weighted by molar-refractivity contribution is 5.99. The number of carboxylic acid groups (broad SMARTS) is 1. The van der Waals surface area contributed by atoms with Crippen LogP contribution in [0.25, 0.3) is 11.3 Å². The molecule has 1 aromatic heterocycles. The molecule has 0 aliphatic heterocycles. The second-order valence-electron chi connectivity index (χ2n) is 5.09. The summed E-state index contributed by atoms with van der Waals surface area (Å²) in [5.41, 5.74) is 0.221. The lowest BCUT2D eigenvalue weighted by atomic mass is 10.0. The molecule has 24 heavy (non-hydrogen) atoms. The summed E-state index contributed by atoms with van der Waals surface area (Å²) in [7, 11) is 0. The van der Waals surface area contributed by atoms with E-state index >= 15 is 0 Å². The topological polar surface area (TPSA) is 111 Å². The van der Waals surface area contributed by atoms with Crippen molar-refractivity contribution in [2.24, 2.45) is 0 Å². The molecule has 1 heterocycles. The molecule has 0 amide bonds. The second-order valence-corrected chi connectivity index (χ2v) is 5.09. The summed E-state index contributed by atoms with van der Waals surface area (Å²) in [5, 5.41) is 27.8. The lowest BCUT2D eigenvalue weighted by Gasteiger charge is -2.10. The largest absolute Gasteiger partial charge is 0.504 e. The summed E-state index contributed by atoms with van der Waals surface area (Å²) >= 11 is 0. The van der Waals surface area contributed by atoms with Gasteiger partial charge in [-0.15, -0.1) is 0 Å². The molecule has 122 valence electrons. The van der Waals surface area contributed by atoms with Crippen LogP contribution in [-0.4, -0.2) is 26.9 Å². The number of nitrogens with zero attached hydrogens (tertiary/aromatic N) is 2. The summed E-state index contributed by atoms with van der Waals surface area (Å²) < 4.78 is 13.7. The first kappa shape index (κ1) is 17.1. The molecule has 0 saturated carbocycles. The molecule has 0 aliphatic carbocycles. The molecular formula is C17H13FN2O4. The molecule has 2 aromatic rings. The third-order valence-corrected chi connectivity index (χ3v) is 3.49. The average molecular weight is 328 g/mol. The second kappa shape index (κ2) is 6.87. The molecule has 2 N–H and O–H groups in total. The third kappa shape index (κ3) is 3.38. The van der Waals surface area contributed by atoms with Crippen molar-refractivity contribution in [2.75, 3.05) is 0 Å². The Morgan fingerprint density at radius 3 is 2.67 bits per heavy atom. The number of aromatic hydroxyl groups is 1. The fourth-order valence-corrected chi connectivity index (χ4v) is 2.18. The minimum Gasteiger partial charge on any atom is -0.504 e. The van der Waals surface area contributed by atoms with E-state index in [9.17, 15) is 19.1 Å². The molecule has 2 rings (SSSR count). The fraction of sp³-hybridized carbons (Fsp3) is 0.176. The molecule has 0 atom stereocenters. The van der Waals surface area contributed by atoms with Crippen molar-refractivity contribution in [1.82, 2.24) is 4.98 Å². The number of benzene rings is 1. The summed E-state index contributed by atoms with van der Waals surface area (Å²) in [6, 6.07) is 7.31. The Bertz CT molecular complexity index is 872. The lowest BCUT2D eigenvalue weighted by molar-refractivity contribution is -0.136. The number of Topliss-reactive ketones (excluding diaryl/α,β-unsaturated/α-hetero) is 1. The average Bonchev–Trinajstić information content (AvgIpc) is 2.55. The van der Waals surface area contributed by atoms with Gasteiger partial charge >= 0.3 is 5.97 Å². The molecule has 0 aliphatic rings. The number of aliphatic carboxylic acids is 1. The van der Waals surface area contributed by atoms with E-state index < -0.39 is 35.4 Å². The number of carbonyl (C=O) groups excluding carboxylic acids is 1. The SMILES string of the molecule is Cc1c(F)cccc1-c1cc(C#N)c(O)c(C(=O)CCC(=O)O)n1. The molecule has 0 radical (unpaired) electrons. The van der Waals surface area contributed by atoms with Crippen LogP contribution in [0.5, 0.6) is 5.75 Å². The van der Waals surface area contributed by atoms with Gasteiger partial charge in [0.15, 0.2) is 11.5 Å². The highest BCUT2D eigenvalue weighted by Crippen LogP contribution is 2.30. The van der Waals surface area contributed by atoms with Crippen LogP contribution in [0.3, 0.4) is 0 Å². The van der Waals surface area contributed by atoms with Crippen LogP contribution in [0, 0.1) is 24.1 Å². The van der Waals surface area contributed by atoms with E-state index in [1.165, 1.54) is 25.1 Å². The predicted molar refractivity (Wildman–Crippen MR) is 81.9 cm³/mol. The van der Waals surface area contributed by atoms with Gasteiger partial charge in [-0.25, -0.2) is 9.37 Å². The predicted octanol–water partition coefficient (Wildman–Crippen LogP) is 2.82. The van der Waals surface area contributed by atoms with Gasteiger partial charge in [-0.05, 0) is 24.6 Å². The maximum Gasteiger partial charge on any atom is 0.303 e. The molecule has 0 bridgehead atoms. The van der Waals surface area contributed by atoms with Crippen molar-refractivity contribution < 1.29 is 24.2 Å². The lowest BCUT2D eigenvalue weighted by Crippen LogP contribution is -2.08. The number of aromatic nitrogens is 1. The number of hydrogen-bond acceptors (Lipinski definition) is 5. The van der Waals surface area contributed by atoms with Crippen molar-refractivity contribution >= 4 is 11.8 Å². The summed E-state index contributed by atoms with van der Waals surface area (Å²) in [6.45, 7) is 1.52. The quantitative estimate of drug-likeness (QED) is 0.816. The van der Waals surface area contributed by atoms with E-state index in [1.54, 1.807) is 12.1 Å².